The van der Waals surface area contributed by atoms with Gasteiger partial charge in [-0.05, 0) is 49.7 Å². The zero-order chi connectivity index (χ0) is 11.7. The van der Waals surface area contributed by atoms with Crippen LogP contribution in [0.15, 0.2) is 0 Å². The fourth-order valence-corrected chi connectivity index (χ4v) is 2.36. The fourth-order valence-electron chi connectivity index (χ4n) is 1.92. The Hall–Kier alpha value is 0.310. The molecule has 0 unspecified atom stereocenters. The van der Waals surface area contributed by atoms with Gasteiger partial charge in [-0.2, -0.15) is 11.8 Å². The van der Waals surface area contributed by atoms with E-state index in [2.05, 4.69) is 39.3 Å². The van der Waals surface area contributed by atoms with Gasteiger partial charge in [0.25, 0.3) is 0 Å². The van der Waals surface area contributed by atoms with Crippen molar-refractivity contribution >= 4 is 11.8 Å². The van der Waals surface area contributed by atoms with Crippen LogP contribution in [0, 0.1) is 11.8 Å². The highest BCUT2D eigenvalue weighted by molar-refractivity contribution is 7.98. The highest BCUT2D eigenvalue weighted by Gasteiger charge is 2.11. The maximum absolute atomic E-state index is 3.70. The Morgan fingerprint density at radius 2 is 1.53 bits per heavy atom. The molecule has 0 atom stereocenters. The van der Waals surface area contributed by atoms with Crippen LogP contribution in [0.1, 0.15) is 47.0 Å². The highest BCUT2D eigenvalue weighted by Crippen LogP contribution is 2.13. The lowest BCUT2D eigenvalue weighted by atomic mass is 9.95. The van der Waals surface area contributed by atoms with E-state index in [1.165, 1.54) is 31.6 Å². The zero-order valence-corrected chi connectivity index (χ0v) is 12.0. The molecule has 15 heavy (non-hydrogen) atoms. The molecular formula is C13H29NS. The largest absolute Gasteiger partial charge is 0.314 e. The topological polar surface area (TPSA) is 12.0 Å². The standard InChI is InChI=1S/C13H29NS/c1-11(2)9-13(10-12(3)4)14-7-6-8-15-5/h11-14H,6-10H2,1-5H3. The van der Waals surface area contributed by atoms with Crippen molar-refractivity contribution in [2.24, 2.45) is 11.8 Å². The lowest BCUT2D eigenvalue weighted by Gasteiger charge is -2.22. The summed E-state index contributed by atoms with van der Waals surface area (Å²) >= 11 is 1.94. The second-order valence-corrected chi connectivity index (χ2v) is 6.24. The van der Waals surface area contributed by atoms with Gasteiger partial charge in [0.05, 0.1) is 0 Å². The first-order valence-corrected chi connectivity index (χ1v) is 7.68. The first kappa shape index (κ1) is 15.3. The maximum atomic E-state index is 3.70. The van der Waals surface area contributed by atoms with Crippen molar-refractivity contribution in [3.8, 4) is 0 Å². The second kappa shape index (κ2) is 9.53. The minimum absolute atomic E-state index is 0.729. The van der Waals surface area contributed by atoms with Crippen molar-refractivity contribution in [1.29, 1.82) is 0 Å². The lowest BCUT2D eigenvalue weighted by Crippen LogP contribution is -2.32. The Kier molecular flexibility index (Phi) is 9.73. The van der Waals surface area contributed by atoms with E-state index >= 15 is 0 Å². The summed E-state index contributed by atoms with van der Waals surface area (Å²) in [6.45, 7) is 10.5. The molecule has 0 rings (SSSR count). The van der Waals surface area contributed by atoms with Crippen molar-refractivity contribution in [2.75, 3.05) is 18.6 Å². The minimum Gasteiger partial charge on any atom is -0.314 e. The molecule has 0 saturated heterocycles. The fraction of sp³-hybridized carbons (Fsp3) is 1.00. The third-order valence-corrected chi connectivity index (χ3v) is 3.17. The van der Waals surface area contributed by atoms with E-state index in [4.69, 9.17) is 0 Å². The van der Waals surface area contributed by atoms with Crippen LogP contribution in [0.4, 0.5) is 0 Å². The molecule has 0 spiro atoms. The van der Waals surface area contributed by atoms with Gasteiger partial charge in [-0.15, -0.1) is 0 Å². The molecule has 2 heteroatoms. The Morgan fingerprint density at radius 3 is 1.93 bits per heavy atom. The Morgan fingerprint density at radius 1 is 1.00 bits per heavy atom. The van der Waals surface area contributed by atoms with Crippen molar-refractivity contribution in [1.82, 2.24) is 5.32 Å². The van der Waals surface area contributed by atoms with Gasteiger partial charge in [-0.1, -0.05) is 27.7 Å². The van der Waals surface area contributed by atoms with Crippen molar-refractivity contribution in [3.05, 3.63) is 0 Å². The lowest BCUT2D eigenvalue weighted by molar-refractivity contribution is 0.361. The molecule has 0 aliphatic heterocycles. The summed E-state index contributed by atoms with van der Waals surface area (Å²) in [5, 5.41) is 3.70. The Bertz CT molecular complexity index is 124. The smallest absolute Gasteiger partial charge is 0.00719 e. The van der Waals surface area contributed by atoms with E-state index in [9.17, 15) is 0 Å². The molecule has 0 aromatic carbocycles. The van der Waals surface area contributed by atoms with Crippen molar-refractivity contribution in [2.45, 2.75) is 53.0 Å². The first-order chi connectivity index (χ1) is 7.06. The van der Waals surface area contributed by atoms with E-state index < -0.39 is 0 Å². The third-order valence-electron chi connectivity index (χ3n) is 2.47. The summed E-state index contributed by atoms with van der Waals surface area (Å²) in [4.78, 5) is 0. The summed E-state index contributed by atoms with van der Waals surface area (Å²) in [5.74, 6) is 2.90. The third kappa shape index (κ3) is 10.6. The molecule has 0 aromatic heterocycles. The predicted molar refractivity (Wildman–Crippen MR) is 73.7 cm³/mol. The van der Waals surface area contributed by atoms with Crippen LogP contribution >= 0.6 is 11.8 Å². The number of hydrogen-bond acceptors (Lipinski definition) is 2. The molecule has 0 heterocycles. The molecule has 0 radical (unpaired) electrons. The molecule has 0 aliphatic carbocycles. The molecule has 1 N–H and O–H groups in total. The van der Waals surface area contributed by atoms with Crippen LogP contribution < -0.4 is 5.32 Å². The number of thioether (sulfide) groups is 1. The monoisotopic (exact) mass is 231 g/mol. The van der Waals surface area contributed by atoms with Gasteiger partial charge in [0, 0.05) is 6.04 Å². The molecule has 0 aromatic rings. The zero-order valence-electron chi connectivity index (χ0n) is 11.2. The summed E-state index contributed by atoms with van der Waals surface area (Å²) in [7, 11) is 0. The predicted octanol–water partition coefficient (Wildman–Crippen LogP) is 3.79. The average molecular weight is 231 g/mol. The van der Waals surface area contributed by atoms with E-state index in [1.54, 1.807) is 0 Å². The van der Waals surface area contributed by atoms with Crippen LogP contribution in [0.3, 0.4) is 0 Å². The molecule has 92 valence electrons. The average Bonchev–Trinajstić information content (AvgIpc) is 2.10. The van der Waals surface area contributed by atoms with Gasteiger partial charge in [0.2, 0.25) is 0 Å². The highest BCUT2D eigenvalue weighted by atomic mass is 32.2. The summed E-state index contributed by atoms with van der Waals surface area (Å²) < 4.78 is 0. The summed E-state index contributed by atoms with van der Waals surface area (Å²) in [6.07, 6.45) is 6.11. The quantitative estimate of drug-likeness (QED) is 0.606. The van der Waals surface area contributed by atoms with Gasteiger partial charge in [-0.25, -0.2) is 0 Å². The van der Waals surface area contributed by atoms with Crippen molar-refractivity contribution in [3.63, 3.8) is 0 Å². The summed E-state index contributed by atoms with van der Waals surface area (Å²) in [5.41, 5.74) is 0. The van der Waals surface area contributed by atoms with E-state index in [1.807, 2.05) is 11.8 Å². The number of rotatable bonds is 9. The number of nitrogens with one attached hydrogen (secondary N) is 1. The molecule has 0 aliphatic rings. The van der Waals surface area contributed by atoms with Crippen LogP contribution in [0.2, 0.25) is 0 Å². The molecule has 0 fully saturated rings. The van der Waals surface area contributed by atoms with E-state index in [0.717, 1.165) is 17.9 Å². The van der Waals surface area contributed by atoms with E-state index in [-0.39, 0.29) is 0 Å². The van der Waals surface area contributed by atoms with Gasteiger partial charge < -0.3 is 5.32 Å². The molecule has 0 amide bonds. The van der Waals surface area contributed by atoms with Crippen LogP contribution in [0.5, 0.6) is 0 Å². The molecule has 0 bridgehead atoms. The van der Waals surface area contributed by atoms with Crippen LogP contribution in [-0.2, 0) is 0 Å². The molecule has 1 nitrogen and oxygen atoms in total. The van der Waals surface area contributed by atoms with Gasteiger partial charge in [0.15, 0.2) is 0 Å². The minimum atomic E-state index is 0.729. The SMILES string of the molecule is CSCCCNC(CC(C)C)CC(C)C. The van der Waals surface area contributed by atoms with E-state index in [0.29, 0.717) is 0 Å². The first-order valence-electron chi connectivity index (χ1n) is 6.28. The Balaban J connectivity index is 3.69. The molecule has 0 saturated carbocycles. The van der Waals surface area contributed by atoms with Gasteiger partial charge in [-0.3, -0.25) is 0 Å². The normalized spacial score (nSPS) is 12.0. The maximum Gasteiger partial charge on any atom is 0.00719 e. The van der Waals surface area contributed by atoms with Crippen molar-refractivity contribution < 1.29 is 0 Å². The van der Waals surface area contributed by atoms with Gasteiger partial charge in [0.1, 0.15) is 0 Å². The molecular weight excluding hydrogens is 202 g/mol. The number of hydrogen-bond donors (Lipinski definition) is 1. The van der Waals surface area contributed by atoms with Crippen LogP contribution in [-0.4, -0.2) is 24.6 Å². The summed E-state index contributed by atoms with van der Waals surface area (Å²) in [6, 6.07) is 0.729. The van der Waals surface area contributed by atoms with Gasteiger partial charge >= 0.3 is 0 Å². The van der Waals surface area contributed by atoms with Crippen LogP contribution in [0.25, 0.3) is 0 Å². The second-order valence-electron chi connectivity index (χ2n) is 5.26. The Labute approximate surface area is 101 Å².